The average molecular weight is 533 g/mol. The van der Waals surface area contributed by atoms with Crippen molar-refractivity contribution in [1.82, 2.24) is 9.62 Å². The number of carbonyl (C=O) groups is 2. The lowest BCUT2D eigenvalue weighted by molar-refractivity contribution is -0.192. The molecule has 35 heavy (non-hydrogen) atoms. The van der Waals surface area contributed by atoms with Crippen LogP contribution in [0.3, 0.4) is 0 Å². The number of thiophene rings is 1. The summed E-state index contributed by atoms with van der Waals surface area (Å²) < 4.78 is 57.6. The maximum atomic E-state index is 12.0. The van der Waals surface area contributed by atoms with Gasteiger partial charge in [0.15, 0.2) is 0 Å². The van der Waals surface area contributed by atoms with Crippen LogP contribution in [0, 0.1) is 0 Å². The number of aliphatic carboxylic acids is 1. The molecule has 0 atom stereocenters. The van der Waals surface area contributed by atoms with Crippen molar-refractivity contribution >= 4 is 38.1 Å². The molecule has 2 aliphatic rings. The Morgan fingerprint density at radius 3 is 2.23 bits per heavy atom. The summed E-state index contributed by atoms with van der Waals surface area (Å²) in [5, 5.41) is 18.0. The lowest BCUT2D eigenvalue weighted by Gasteiger charge is -2.38. The predicted octanol–water partition coefficient (Wildman–Crippen LogP) is 2.75. The number of hydrogen-bond donors (Lipinski definition) is 3. The summed E-state index contributed by atoms with van der Waals surface area (Å²) in [7, 11) is -3.73. The van der Waals surface area contributed by atoms with Gasteiger partial charge in [-0.3, -0.25) is 9.69 Å². The number of nitrogens with one attached hydrogen (secondary N) is 1. The maximum absolute atomic E-state index is 12.0. The van der Waals surface area contributed by atoms with E-state index in [4.69, 9.17) is 9.90 Å². The van der Waals surface area contributed by atoms with Crippen molar-refractivity contribution < 1.29 is 41.4 Å². The fourth-order valence-electron chi connectivity index (χ4n) is 3.71. The number of aliphatic hydroxyl groups is 1. The number of rotatable bonds is 5. The second-order valence-electron chi connectivity index (χ2n) is 8.21. The molecule has 0 unspecified atom stereocenters. The van der Waals surface area contributed by atoms with Gasteiger partial charge in [0.1, 0.15) is 4.91 Å². The Balaban J connectivity index is 0.000000429. The van der Waals surface area contributed by atoms with Crippen LogP contribution in [-0.2, 0) is 32.6 Å². The smallest absolute Gasteiger partial charge is 0.475 e. The normalized spacial score (nSPS) is 19.3. The highest BCUT2D eigenvalue weighted by molar-refractivity contribution is 8.00. The third-order valence-corrected chi connectivity index (χ3v) is 8.10. The molecule has 1 aromatic carbocycles. The molecule has 0 aliphatic carbocycles. The molecule has 1 aromatic heterocycles. The van der Waals surface area contributed by atoms with Gasteiger partial charge in [-0.2, -0.15) is 13.2 Å². The first kappa shape index (κ1) is 26.9. The largest absolute Gasteiger partial charge is 0.490 e. The lowest BCUT2D eigenvalue weighted by atomic mass is 9.85. The third-order valence-electron chi connectivity index (χ3n) is 5.48. The minimum Gasteiger partial charge on any atom is -0.475 e. The first-order chi connectivity index (χ1) is 16.3. The molecule has 8 nitrogen and oxygen atoms in total. The predicted molar refractivity (Wildman–Crippen MR) is 123 cm³/mol. The van der Waals surface area contributed by atoms with Crippen molar-refractivity contribution in [2.45, 2.75) is 37.6 Å². The summed E-state index contributed by atoms with van der Waals surface area (Å²) in [5.74, 6) is -3.36. The molecule has 4 rings (SSSR count). The van der Waals surface area contributed by atoms with Gasteiger partial charge in [-0.05, 0) is 30.5 Å². The van der Waals surface area contributed by atoms with E-state index in [2.05, 4.69) is 4.90 Å². The van der Waals surface area contributed by atoms with Gasteiger partial charge in [0.2, 0.25) is 0 Å². The van der Waals surface area contributed by atoms with Crippen molar-refractivity contribution in [2.75, 3.05) is 13.1 Å². The number of likely N-dealkylation sites (tertiary alicyclic amines) is 1. The summed E-state index contributed by atoms with van der Waals surface area (Å²) in [4.78, 5) is 24.2. The SMILES string of the molecule is O=C(O)C(F)(F)F.O=C1C=C(c2ccc(CN3CCC(O)(Cc4ccccc4)CC3)s2)S(=O)(=O)N1. The molecule has 1 amide bonds. The highest BCUT2D eigenvalue weighted by Crippen LogP contribution is 2.32. The number of carbonyl (C=O) groups excluding carboxylic acids is 1. The Morgan fingerprint density at radius 2 is 1.71 bits per heavy atom. The fraction of sp³-hybridized carbons (Fsp3) is 0.364. The number of halogens is 3. The molecule has 3 N–H and O–H groups in total. The quantitative estimate of drug-likeness (QED) is 0.541. The summed E-state index contributed by atoms with van der Waals surface area (Å²) >= 11 is 1.39. The molecule has 0 radical (unpaired) electrons. The minimum absolute atomic E-state index is 0.0460. The maximum Gasteiger partial charge on any atom is 0.490 e. The first-order valence-electron chi connectivity index (χ1n) is 10.4. The van der Waals surface area contributed by atoms with E-state index < -0.39 is 33.7 Å². The zero-order valence-electron chi connectivity index (χ0n) is 18.3. The van der Waals surface area contributed by atoms with Crippen LogP contribution in [0.15, 0.2) is 48.5 Å². The van der Waals surface area contributed by atoms with E-state index in [-0.39, 0.29) is 4.91 Å². The van der Waals surface area contributed by atoms with Crippen molar-refractivity contribution in [3.63, 3.8) is 0 Å². The Morgan fingerprint density at radius 1 is 1.11 bits per heavy atom. The number of piperidine rings is 1. The molecule has 1 saturated heterocycles. The van der Waals surface area contributed by atoms with Crippen LogP contribution in [0.5, 0.6) is 0 Å². The van der Waals surface area contributed by atoms with Gasteiger partial charge in [0.25, 0.3) is 15.9 Å². The van der Waals surface area contributed by atoms with E-state index in [1.807, 2.05) is 41.1 Å². The van der Waals surface area contributed by atoms with E-state index in [0.29, 0.717) is 30.7 Å². The zero-order chi connectivity index (χ0) is 25.9. The van der Waals surface area contributed by atoms with Crippen LogP contribution >= 0.6 is 11.3 Å². The number of amides is 1. The van der Waals surface area contributed by atoms with Gasteiger partial charge >= 0.3 is 12.1 Å². The summed E-state index contributed by atoms with van der Waals surface area (Å²) in [6.07, 6.45) is -1.87. The summed E-state index contributed by atoms with van der Waals surface area (Å²) in [6, 6.07) is 13.7. The zero-order valence-corrected chi connectivity index (χ0v) is 19.9. The number of hydrogen-bond acceptors (Lipinski definition) is 7. The van der Waals surface area contributed by atoms with Crippen LogP contribution in [0.2, 0.25) is 0 Å². The number of sulfonamides is 1. The molecule has 0 saturated carbocycles. The first-order valence-corrected chi connectivity index (χ1v) is 12.7. The number of carboxylic acids is 1. The Hall–Kier alpha value is -2.74. The van der Waals surface area contributed by atoms with E-state index >= 15 is 0 Å². The summed E-state index contributed by atoms with van der Waals surface area (Å²) in [6.45, 7) is 2.29. The third kappa shape index (κ3) is 7.37. The number of alkyl halides is 3. The van der Waals surface area contributed by atoms with Crippen molar-refractivity contribution in [3.8, 4) is 0 Å². The number of carboxylic acid groups (broad SMARTS) is 1. The molecular formula is C22H23F3N2O6S2. The Bertz CT molecular complexity index is 1200. The van der Waals surface area contributed by atoms with Gasteiger partial charge in [0, 0.05) is 41.9 Å². The van der Waals surface area contributed by atoms with Gasteiger partial charge in [-0.1, -0.05) is 30.3 Å². The lowest BCUT2D eigenvalue weighted by Crippen LogP contribution is -2.45. The van der Waals surface area contributed by atoms with Crippen LogP contribution in [0.1, 0.15) is 28.2 Å². The standard InChI is InChI=1S/C20H22N2O4S2.C2HF3O2/c23-19-12-18(28(25,26)21-19)17-7-6-16(27-17)14-22-10-8-20(24,9-11-22)13-15-4-2-1-3-5-15;3-2(4,5)1(6)7/h1-7,12,24H,8-11,13-14H2,(H,21,23);(H,6,7). The molecule has 2 aliphatic heterocycles. The summed E-state index contributed by atoms with van der Waals surface area (Å²) in [5.41, 5.74) is 0.475. The van der Waals surface area contributed by atoms with E-state index in [9.17, 15) is 31.5 Å². The molecule has 1 fully saturated rings. The molecule has 0 bridgehead atoms. The Kier molecular flexibility index (Phi) is 8.04. The van der Waals surface area contributed by atoms with E-state index in [1.165, 1.54) is 11.3 Å². The Labute approximate surface area is 203 Å². The van der Waals surface area contributed by atoms with Gasteiger partial charge in [-0.15, -0.1) is 11.3 Å². The van der Waals surface area contributed by atoms with Crippen molar-refractivity contribution in [2.24, 2.45) is 0 Å². The van der Waals surface area contributed by atoms with Gasteiger partial charge in [0.05, 0.1) is 5.60 Å². The minimum atomic E-state index is -5.08. The van der Waals surface area contributed by atoms with E-state index in [0.717, 1.165) is 29.6 Å². The van der Waals surface area contributed by atoms with Crippen LogP contribution in [0.25, 0.3) is 4.91 Å². The molecule has 0 spiro atoms. The van der Waals surface area contributed by atoms with Crippen molar-refractivity contribution in [3.05, 3.63) is 63.9 Å². The van der Waals surface area contributed by atoms with Crippen molar-refractivity contribution in [1.29, 1.82) is 0 Å². The van der Waals surface area contributed by atoms with Gasteiger partial charge in [-0.25, -0.2) is 17.9 Å². The van der Waals surface area contributed by atoms with Crippen LogP contribution < -0.4 is 4.72 Å². The molecule has 190 valence electrons. The number of nitrogens with zero attached hydrogens (tertiary/aromatic N) is 1. The molecule has 3 heterocycles. The van der Waals surface area contributed by atoms with Gasteiger partial charge < -0.3 is 10.2 Å². The topological polar surface area (TPSA) is 124 Å². The fourth-order valence-corrected chi connectivity index (χ4v) is 6.16. The molecule has 2 aromatic rings. The second kappa shape index (κ2) is 10.5. The highest BCUT2D eigenvalue weighted by Gasteiger charge is 2.38. The highest BCUT2D eigenvalue weighted by atomic mass is 32.2. The monoisotopic (exact) mass is 532 g/mol. The van der Waals surface area contributed by atoms with Crippen LogP contribution in [0.4, 0.5) is 13.2 Å². The van der Waals surface area contributed by atoms with Crippen LogP contribution in [-0.4, -0.2) is 60.3 Å². The number of benzene rings is 1. The second-order valence-corrected chi connectivity index (χ2v) is 11.0. The molecule has 13 heteroatoms. The average Bonchev–Trinajstić information content (AvgIpc) is 3.32. The van der Waals surface area contributed by atoms with E-state index in [1.54, 1.807) is 6.07 Å². The molecular weight excluding hydrogens is 509 g/mol.